The molecule has 1 fully saturated rings. The van der Waals surface area contributed by atoms with Gasteiger partial charge in [-0.1, -0.05) is 0 Å². The highest BCUT2D eigenvalue weighted by molar-refractivity contribution is 7.99. The largest absolute Gasteiger partial charge is 0.369 e. The van der Waals surface area contributed by atoms with E-state index in [0.717, 1.165) is 70.3 Å². The van der Waals surface area contributed by atoms with Crippen molar-refractivity contribution in [1.82, 2.24) is 34.7 Å². The van der Waals surface area contributed by atoms with Crippen molar-refractivity contribution < 1.29 is 0 Å². The van der Waals surface area contributed by atoms with Crippen LogP contribution in [-0.4, -0.2) is 55.5 Å². The van der Waals surface area contributed by atoms with Gasteiger partial charge in [-0.15, -0.1) is 10.2 Å². The first kappa shape index (κ1) is 20.2. The molecule has 1 N–H and O–H groups in total. The van der Waals surface area contributed by atoms with E-state index in [2.05, 4.69) is 62.0 Å². The molecule has 33 heavy (non-hydrogen) atoms. The van der Waals surface area contributed by atoms with Crippen molar-refractivity contribution in [3.8, 4) is 11.1 Å². The van der Waals surface area contributed by atoms with Crippen LogP contribution >= 0.6 is 11.8 Å². The zero-order chi connectivity index (χ0) is 22.2. The zero-order valence-electron chi connectivity index (χ0n) is 18.3. The fourth-order valence-corrected chi connectivity index (χ4v) is 5.08. The second kappa shape index (κ2) is 8.49. The van der Waals surface area contributed by atoms with Gasteiger partial charge < -0.3 is 10.2 Å². The van der Waals surface area contributed by atoms with Crippen LogP contribution in [0.3, 0.4) is 0 Å². The van der Waals surface area contributed by atoms with Crippen LogP contribution in [0.25, 0.3) is 27.7 Å². The summed E-state index contributed by atoms with van der Waals surface area (Å²) in [7, 11) is 1.92. The fourth-order valence-electron chi connectivity index (χ4n) is 4.22. The van der Waals surface area contributed by atoms with E-state index < -0.39 is 0 Å². The van der Waals surface area contributed by atoms with E-state index in [1.54, 1.807) is 16.4 Å². The Hall–Kier alpha value is -3.43. The molecular formula is C24H24N8S. The van der Waals surface area contributed by atoms with Crippen LogP contribution in [0.4, 0.5) is 5.69 Å². The van der Waals surface area contributed by atoms with Crippen LogP contribution in [0.5, 0.6) is 0 Å². The van der Waals surface area contributed by atoms with Gasteiger partial charge in [0.2, 0.25) is 0 Å². The van der Waals surface area contributed by atoms with Crippen LogP contribution in [0.15, 0.2) is 71.2 Å². The SMILES string of the molecule is Cn1cc(-c2ccc3nnc(Sc4ccc5ncc(N6CCCNCC6)cc5c4)n3c2)cn1. The maximum absolute atomic E-state index is 4.71. The number of fused-ring (bicyclic) bond motifs is 2. The molecule has 6 rings (SSSR count). The molecule has 5 aromatic rings. The monoisotopic (exact) mass is 456 g/mol. The van der Waals surface area contributed by atoms with Crippen molar-refractivity contribution >= 4 is 34.0 Å². The van der Waals surface area contributed by atoms with E-state index in [9.17, 15) is 0 Å². The zero-order valence-corrected chi connectivity index (χ0v) is 19.2. The molecule has 1 saturated heterocycles. The van der Waals surface area contributed by atoms with E-state index in [4.69, 9.17) is 4.98 Å². The van der Waals surface area contributed by atoms with Crippen LogP contribution in [-0.2, 0) is 7.05 Å². The van der Waals surface area contributed by atoms with Gasteiger partial charge in [-0.3, -0.25) is 14.1 Å². The number of nitrogens with one attached hydrogen (secondary N) is 1. The molecule has 0 saturated carbocycles. The molecule has 0 radical (unpaired) electrons. The standard InChI is InChI=1S/C24H24N8S/c1-30-15-19(13-27-30)17-3-6-23-28-29-24(32(23)16-17)33-21-4-5-22-18(12-21)11-20(14-26-22)31-9-2-7-25-8-10-31/h3-6,11-16,25H,2,7-10H2,1H3. The molecule has 0 unspecified atom stereocenters. The van der Waals surface area contributed by atoms with Crippen molar-refractivity contribution in [2.45, 2.75) is 16.5 Å². The lowest BCUT2D eigenvalue weighted by molar-refractivity contribution is 0.724. The van der Waals surface area contributed by atoms with Crippen LogP contribution < -0.4 is 10.2 Å². The smallest absolute Gasteiger partial charge is 0.200 e. The third-order valence-corrected chi connectivity index (χ3v) is 6.91. The number of nitrogens with zero attached hydrogens (tertiary/aromatic N) is 7. The third kappa shape index (κ3) is 4.05. The summed E-state index contributed by atoms with van der Waals surface area (Å²) < 4.78 is 3.84. The topological polar surface area (TPSA) is 76.2 Å². The van der Waals surface area contributed by atoms with E-state index in [0.29, 0.717) is 0 Å². The average molecular weight is 457 g/mol. The second-order valence-corrected chi connectivity index (χ2v) is 9.31. The van der Waals surface area contributed by atoms with Gasteiger partial charge in [0.05, 0.1) is 23.6 Å². The number of hydrogen-bond donors (Lipinski definition) is 1. The van der Waals surface area contributed by atoms with Gasteiger partial charge in [0.1, 0.15) is 0 Å². The Morgan fingerprint density at radius 2 is 1.91 bits per heavy atom. The molecule has 0 atom stereocenters. The van der Waals surface area contributed by atoms with E-state index in [1.165, 1.54) is 5.69 Å². The third-order valence-electron chi connectivity index (χ3n) is 5.96. The first-order valence-electron chi connectivity index (χ1n) is 11.1. The van der Waals surface area contributed by atoms with Crippen LogP contribution in [0, 0.1) is 0 Å². The van der Waals surface area contributed by atoms with Crippen molar-refractivity contribution in [2.75, 3.05) is 31.1 Å². The summed E-state index contributed by atoms with van der Waals surface area (Å²) in [6.45, 7) is 4.15. The molecular weight excluding hydrogens is 432 g/mol. The molecule has 0 bridgehead atoms. The normalized spacial score (nSPS) is 14.8. The summed E-state index contributed by atoms with van der Waals surface area (Å²) >= 11 is 1.61. The van der Waals surface area contributed by atoms with Crippen molar-refractivity contribution in [3.05, 3.63) is 61.2 Å². The number of aryl methyl sites for hydroxylation is 1. The summed E-state index contributed by atoms with van der Waals surface area (Å²) in [6.07, 6.45) is 9.09. The lowest BCUT2D eigenvalue weighted by Crippen LogP contribution is -2.27. The predicted molar refractivity (Wildman–Crippen MR) is 131 cm³/mol. The number of aromatic nitrogens is 6. The summed E-state index contributed by atoms with van der Waals surface area (Å²) in [6, 6.07) is 12.7. The molecule has 5 heterocycles. The lowest BCUT2D eigenvalue weighted by Gasteiger charge is -2.22. The average Bonchev–Trinajstić information content (AvgIpc) is 3.34. The molecule has 166 valence electrons. The highest BCUT2D eigenvalue weighted by Gasteiger charge is 2.13. The van der Waals surface area contributed by atoms with Gasteiger partial charge in [-0.25, -0.2) is 0 Å². The first-order chi connectivity index (χ1) is 16.2. The van der Waals surface area contributed by atoms with Gasteiger partial charge in [-0.05, 0) is 61.1 Å². The minimum absolute atomic E-state index is 0.824. The number of pyridine rings is 2. The van der Waals surface area contributed by atoms with Gasteiger partial charge in [0, 0.05) is 60.5 Å². The van der Waals surface area contributed by atoms with Crippen LogP contribution in [0.1, 0.15) is 6.42 Å². The fraction of sp³-hybridized carbons (Fsp3) is 0.250. The predicted octanol–water partition coefficient (Wildman–Crippen LogP) is 3.63. The maximum atomic E-state index is 4.71. The minimum Gasteiger partial charge on any atom is -0.369 e. The Bertz CT molecular complexity index is 1430. The van der Waals surface area contributed by atoms with Crippen molar-refractivity contribution in [2.24, 2.45) is 7.05 Å². The number of hydrogen-bond acceptors (Lipinski definition) is 7. The number of anilines is 1. The quantitative estimate of drug-likeness (QED) is 0.443. The van der Waals surface area contributed by atoms with Crippen molar-refractivity contribution in [3.63, 3.8) is 0 Å². The molecule has 1 aromatic carbocycles. The van der Waals surface area contributed by atoms with Gasteiger partial charge in [0.15, 0.2) is 10.8 Å². The molecule has 9 heteroatoms. The summed E-state index contributed by atoms with van der Waals surface area (Å²) in [4.78, 5) is 8.24. The maximum Gasteiger partial charge on any atom is 0.200 e. The Kier molecular flexibility index (Phi) is 5.20. The highest BCUT2D eigenvalue weighted by atomic mass is 32.2. The van der Waals surface area contributed by atoms with Crippen molar-refractivity contribution in [1.29, 1.82) is 0 Å². The molecule has 0 spiro atoms. The summed E-state index contributed by atoms with van der Waals surface area (Å²) in [5.74, 6) is 0. The molecule has 0 amide bonds. The van der Waals surface area contributed by atoms with E-state index >= 15 is 0 Å². The summed E-state index contributed by atoms with van der Waals surface area (Å²) in [5.41, 5.74) is 5.15. The molecule has 1 aliphatic rings. The van der Waals surface area contributed by atoms with Crippen LogP contribution in [0.2, 0.25) is 0 Å². The van der Waals surface area contributed by atoms with Gasteiger partial charge in [0.25, 0.3) is 0 Å². The number of benzene rings is 1. The Balaban J connectivity index is 1.31. The van der Waals surface area contributed by atoms with E-state index in [1.807, 2.05) is 36.1 Å². The second-order valence-electron chi connectivity index (χ2n) is 8.27. The Morgan fingerprint density at radius 1 is 0.939 bits per heavy atom. The van der Waals surface area contributed by atoms with E-state index in [-0.39, 0.29) is 0 Å². The van der Waals surface area contributed by atoms with Gasteiger partial charge in [-0.2, -0.15) is 5.10 Å². The first-order valence-corrected chi connectivity index (χ1v) is 11.9. The molecule has 0 aliphatic carbocycles. The summed E-state index contributed by atoms with van der Waals surface area (Å²) in [5, 5.41) is 18.5. The molecule has 4 aromatic heterocycles. The number of rotatable bonds is 4. The molecule has 1 aliphatic heterocycles. The lowest BCUT2D eigenvalue weighted by atomic mass is 10.2. The Morgan fingerprint density at radius 3 is 2.82 bits per heavy atom. The highest BCUT2D eigenvalue weighted by Crippen LogP contribution is 2.31. The molecule has 8 nitrogen and oxygen atoms in total. The minimum atomic E-state index is 0.824. The van der Waals surface area contributed by atoms with Gasteiger partial charge >= 0.3 is 0 Å². The Labute approximate surface area is 195 Å².